The van der Waals surface area contributed by atoms with E-state index in [2.05, 4.69) is 10.5 Å². The number of rotatable bonds is 5. The van der Waals surface area contributed by atoms with Gasteiger partial charge in [0.2, 0.25) is 0 Å². The van der Waals surface area contributed by atoms with Crippen LogP contribution < -0.4 is 5.43 Å². The van der Waals surface area contributed by atoms with Crippen LogP contribution in [0.1, 0.15) is 38.2 Å². The predicted molar refractivity (Wildman–Crippen MR) is 72.9 cm³/mol. The van der Waals surface area contributed by atoms with Crippen LogP contribution in [0.15, 0.2) is 21.9 Å². The SMILES string of the molecule is CCOC(=O)/C(=N\NC1CCCC1)c1ccsc1. The maximum Gasteiger partial charge on any atom is 0.359 e. The smallest absolute Gasteiger partial charge is 0.359 e. The molecule has 0 saturated heterocycles. The fraction of sp³-hybridized carbons (Fsp3) is 0.538. The average Bonchev–Trinajstić information content (AvgIpc) is 3.01. The summed E-state index contributed by atoms with van der Waals surface area (Å²) >= 11 is 1.55. The third kappa shape index (κ3) is 3.32. The Morgan fingerprint density at radius 1 is 1.56 bits per heavy atom. The van der Waals surface area contributed by atoms with Crippen molar-refractivity contribution in [1.82, 2.24) is 5.43 Å². The summed E-state index contributed by atoms with van der Waals surface area (Å²) in [7, 11) is 0. The highest BCUT2D eigenvalue weighted by Crippen LogP contribution is 2.18. The van der Waals surface area contributed by atoms with Crippen molar-refractivity contribution in [2.24, 2.45) is 5.10 Å². The monoisotopic (exact) mass is 266 g/mol. The largest absolute Gasteiger partial charge is 0.461 e. The summed E-state index contributed by atoms with van der Waals surface area (Å²) in [6.45, 7) is 2.17. The van der Waals surface area contributed by atoms with Crippen molar-refractivity contribution in [3.05, 3.63) is 22.4 Å². The molecule has 18 heavy (non-hydrogen) atoms. The Labute approximate surface area is 111 Å². The molecule has 1 aromatic rings. The number of nitrogens with one attached hydrogen (secondary N) is 1. The molecule has 0 spiro atoms. The van der Waals surface area contributed by atoms with Gasteiger partial charge in [0.15, 0.2) is 5.71 Å². The summed E-state index contributed by atoms with van der Waals surface area (Å²) in [4.78, 5) is 11.9. The zero-order chi connectivity index (χ0) is 12.8. The van der Waals surface area contributed by atoms with Gasteiger partial charge in [-0.05, 0) is 31.2 Å². The number of hydrogen-bond donors (Lipinski definition) is 1. The molecule has 0 unspecified atom stereocenters. The number of carbonyl (C=O) groups excluding carboxylic acids is 1. The quantitative estimate of drug-likeness (QED) is 0.506. The molecule has 0 radical (unpaired) electrons. The highest BCUT2D eigenvalue weighted by molar-refractivity contribution is 7.08. The van der Waals surface area contributed by atoms with Gasteiger partial charge in [-0.1, -0.05) is 12.8 Å². The van der Waals surface area contributed by atoms with Crippen molar-refractivity contribution < 1.29 is 9.53 Å². The normalized spacial score (nSPS) is 16.8. The van der Waals surface area contributed by atoms with Crippen LogP contribution in [0.25, 0.3) is 0 Å². The zero-order valence-corrected chi connectivity index (χ0v) is 11.3. The van der Waals surface area contributed by atoms with Crippen LogP contribution in [0.2, 0.25) is 0 Å². The number of nitrogens with zero attached hydrogens (tertiary/aromatic N) is 1. The van der Waals surface area contributed by atoms with Gasteiger partial charge in [-0.25, -0.2) is 4.79 Å². The molecule has 0 aromatic carbocycles. The second-order valence-corrected chi connectivity index (χ2v) is 5.08. The van der Waals surface area contributed by atoms with Crippen molar-refractivity contribution in [1.29, 1.82) is 0 Å². The maximum absolute atomic E-state index is 11.9. The summed E-state index contributed by atoms with van der Waals surface area (Å²) in [6.07, 6.45) is 4.73. The zero-order valence-electron chi connectivity index (χ0n) is 10.5. The minimum absolute atomic E-state index is 0.360. The number of hydrazone groups is 1. The molecule has 1 aliphatic carbocycles. The number of ether oxygens (including phenoxy) is 1. The minimum atomic E-state index is -0.360. The van der Waals surface area contributed by atoms with E-state index in [0.717, 1.165) is 18.4 Å². The Hall–Kier alpha value is -1.36. The highest BCUT2D eigenvalue weighted by atomic mass is 32.1. The van der Waals surface area contributed by atoms with E-state index in [4.69, 9.17) is 4.74 Å². The van der Waals surface area contributed by atoms with Gasteiger partial charge in [-0.15, -0.1) is 0 Å². The fourth-order valence-corrected chi connectivity index (χ4v) is 2.68. The summed E-state index contributed by atoms with van der Waals surface area (Å²) in [5.74, 6) is -0.360. The Kier molecular flexibility index (Phi) is 4.75. The molecule has 1 N–H and O–H groups in total. The van der Waals surface area contributed by atoms with Gasteiger partial charge in [-0.3, -0.25) is 0 Å². The van der Waals surface area contributed by atoms with E-state index >= 15 is 0 Å². The molecular formula is C13H18N2O2S. The van der Waals surface area contributed by atoms with Crippen molar-refractivity contribution in [2.75, 3.05) is 6.61 Å². The molecule has 1 heterocycles. The third-order valence-corrected chi connectivity index (χ3v) is 3.66. The van der Waals surface area contributed by atoms with E-state index in [9.17, 15) is 4.79 Å². The average molecular weight is 266 g/mol. The molecule has 1 saturated carbocycles. The summed E-state index contributed by atoms with van der Waals surface area (Å²) in [6, 6.07) is 2.28. The molecule has 0 bridgehead atoms. The molecule has 4 nitrogen and oxygen atoms in total. The summed E-state index contributed by atoms with van der Waals surface area (Å²) < 4.78 is 5.04. The van der Waals surface area contributed by atoms with Gasteiger partial charge in [-0.2, -0.15) is 16.4 Å². The maximum atomic E-state index is 11.9. The van der Waals surface area contributed by atoms with Crippen molar-refractivity contribution >= 4 is 23.0 Å². The molecule has 98 valence electrons. The molecule has 1 aliphatic rings. The lowest BCUT2D eigenvalue weighted by atomic mass is 10.2. The van der Waals surface area contributed by atoms with Gasteiger partial charge in [0.25, 0.3) is 0 Å². The first-order valence-electron chi connectivity index (χ1n) is 6.34. The van der Waals surface area contributed by atoms with E-state index in [1.165, 1.54) is 12.8 Å². The van der Waals surface area contributed by atoms with Crippen LogP contribution >= 0.6 is 11.3 Å². The molecule has 0 amide bonds. The second kappa shape index (κ2) is 6.54. The topological polar surface area (TPSA) is 50.7 Å². The van der Waals surface area contributed by atoms with Gasteiger partial charge in [0.1, 0.15) is 0 Å². The number of esters is 1. The third-order valence-electron chi connectivity index (χ3n) is 2.98. The molecule has 2 rings (SSSR count). The van der Waals surface area contributed by atoms with Gasteiger partial charge in [0, 0.05) is 17.0 Å². The second-order valence-electron chi connectivity index (χ2n) is 4.30. The number of carbonyl (C=O) groups is 1. The lowest BCUT2D eigenvalue weighted by Crippen LogP contribution is -2.26. The Morgan fingerprint density at radius 2 is 2.33 bits per heavy atom. The van der Waals surface area contributed by atoms with Crippen molar-refractivity contribution in [2.45, 2.75) is 38.6 Å². The molecule has 1 aromatic heterocycles. The minimum Gasteiger partial charge on any atom is -0.461 e. The van der Waals surface area contributed by atoms with Crippen LogP contribution in [-0.2, 0) is 9.53 Å². The van der Waals surface area contributed by atoms with Crippen molar-refractivity contribution in [3.8, 4) is 0 Å². The van der Waals surface area contributed by atoms with Crippen LogP contribution in [0.3, 0.4) is 0 Å². The Morgan fingerprint density at radius 3 is 2.94 bits per heavy atom. The molecule has 5 heteroatoms. The Balaban J connectivity index is 2.08. The first-order valence-corrected chi connectivity index (χ1v) is 7.28. The summed E-state index contributed by atoms with van der Waals surface area (Å²) in [5.41, 5.74) is 4.30. The number of hydrogen-bond acceptors (Lipinski definition) is 5. The van der Waals surface area contributed by atoms with Crippen molar-refractivity contribution in [3.63, 3.8) is 0 Å². The van der Waals surface area contributed by atoms with E-state index in [1.54, 1.807) is 18.3 Å². The van der Waals surface area contributed by atoms with Crippen LogP contribution in [-0.4, -0.2) is 24.3 Å². The first kappa shape index (κ1) is 13.1. The lowest BCUT2D eigenvalue weighted by Gasteiger charge is -2.10. The fourth-order valence-electron chi connectivity index (χ4n) is 2.04. The van der Waals surface area contributed by atoms with Crippen LogP contribution in [0, 0.1) is 0 Å². The highest BCUT2D eigenvalue weighted by Gasteiger charge is 2.18. The van der Waals surface area contributed by atoms with E-state index < -0.39 is 0 Å². The first-order chi connectivity index (χ1) is 8.81. The Bertz CT molecular complexity index is 409. The molecular weight excluding hydrogens is 248 g/mol. The van der Waals surface area contributed by atoms with Crippen LogP contribution in [0.4, 0.5) is 0 Å². The predicted octanol–water partition coefficient (Wildman–Crippen LogP) is 2.55. The van der Waals surface area contributed by atoms with E-state index in [1.807, 2.05) is 16.8 Å². The molecule has 0 aliphatic heterocycles. The van der Waals surface area contributed by atoms with E-state index in [-0.39, 0.29) is 5.97 Å². The number of thiophene rings is 1. The summed E-state index contributed by atoms with van der Waals surface area (Å²) in [5, 5.41) is 8.10. The van der Waals surface area contributed by atoms with E-state index in [0.29, 0.717) is 18.4 Å². The van der Waals surface area contributed by atoms with Gasteiger partial charge in [0.05, 0.1) is 6.61 Å². The standard InChI is InChI=1S/C13H18N2O2S/c1-2-17-13(16)12(10-7-8-18-9-10)15-14-11-5-3-4-6-11/h7-9,11,14H,2-6H2,1H3/b15-12-. The van der Waals surface area contributed by atoms with Crippen LogP contribution in [0.5, 0.6) is 0 Å². The van der Waals surface area contributed by atoms with Gasteiger partial charge >= 0.3 is 5.97 Å². The lowest BCUT2D eigenvalue weighted by molar-refractivity contribution is -0.134. The molecule has 0 atom stereocenters. The van der Waals surface area contributed by atoms with Gasteiger partial charge < -0.3 is 10.2 Å². The molecule has 1 fully saturated rings.